The van der Waals surface area contributed by atoms with Crippen LogP contribution in [0.2, 0.25) is 0 Å². The van der Waals surface area contributed by atoms with Gasteiger partial charge in [-0.05, 0) is 68.9 Å². The van der Waals surface area contributed by atoms with Crippen molar-refractivity contribution in [2.75, 3.05) is 40.9 Å². The number of aliphatic hydroxyl groups excluding tert-OH is 1. The van der Waals surface area contributed by atoms with E-state index in [1.807, 2.05) is 50.2 Å². The van der Waals surface area contributed by atoms with Crippen molar-refractivity contribution in [2.24, 2.45) is 0 Å². The lowest BCUT2D eigenvalue weighted by Crippen LogP contribution is -2.35. The second-order valence-corrected chi connectivity index (χ2v) is 9.10. The van der Waals surface area contributed by atoms with Gasteiger partial charge in [0.1, 0.15) is 17.3 Å². The molecule has 7 nitrogen and oxygen atoms in total. The van der Waals surface area contributed by atoms with Gasteiger partial charge in [0.05, 0.1) is 25.3 Å². The highest BCUT2D eigenvalue weighted by Gasteiger charge is 2.46. The lowest BCUT2D eigenvalue weighted by Gasteiger charge is -2.26. The molecule has 3 rings (SSSR count). The number of methoxy groups -OCH3 is 1. The molecule has 2 aromatic rings. The predicted molar refractivity (Wildman–Crippen MR) is 137 cm³/mol. The Morgan fingerprint density at radius 1 is 1.06 bits per heavy atom. The van der Waals surface area contributed by atoms with Crippen LogP contribution in [0.1, 0.15) is 48.9 Å². The summed E-state index contributed by atoms with van der Waals surface area (Å²) in [4.78, 5) is 29.8. The number of unbranched alkanes of at least 4 members (excludes halogenated alkanes) is 2. The number of carbonyl (C=O) groups excluding carboxylic acids is 2. The summed E-state index contributed by atoms with van der Waals surface area (Å²) < 4.78 is 11.1. The van der Waals surface area contributed by atoms with E-state index < -0.39 is 17.7 Å². The van der Waals surface area contributed by atoms with E-state index in [1.165, 1.54) is 0 Å². The molecule has 1 aliphatic heterocycles. The molecule has 0 bridgehead atoms. The first-order valence-electron chi connectivity index (χ1n) is 12.1. The van der Waals surface area contributed by atoms with E-state index in [1.54, 1.807) is 30.2 Å². The molecule has 1 atom stereocenters. The van der Waals surface area contributed by atoms with Gasteiger partial charge in [0, 0.05) is 18.7 Å². The molecule has 0 aromatic heterocycles. The summed E-state index contributed by atoms with van der Waals surface area (Å²) in [5, 5.41) is 11.3. The van der Waals surface area contributed by atoms with Crippen LogP contribution in [0.25, 0.3) is 5.76 Å². The zero-order chi connectivity index (χ0) is 25.5. The van der Waals surface area contributed by atoms with Crippen molar-refractivity contribution in [3.05, 3.63) is 64.7 Å². The number of aliphatic hydroxyl groups is 1. The van der Waals surface area contributed by atoms with Crippen LogP contribution in [0.15, 0.2) is 48.0 Å². The zero-order valence-electron chi connectivity index (χ0n) is 21.3. The second kappa shape index (κ2) is 11.9. The van der Waals surface area contributed by atoms with Crippen molar-refractivity contribution in [2.45, 2.75) is 39.2 Å². The number of aryl methyl sites for hydroxylation is 1. The maximum Gasteiger partial charge on any atom is 0.295 e. The molecule has 1 N–H and O–H groups in total. The Balaban J connectivity index is 2.02. The van der Waals surface area contributed by atoms with Gasteiger partial charge in [-0.2, -0.15) is 0 Å². The number of amides is 1. The van der Waals surface area contributed by atoms with E-state index in [2.05, 4.69) is 6.92 Å². The molecule has 2 aromatic carbocycles. The number of nitrogens with zero attached hydrogens (tertiary/aromatic N) is 2. The second-order valence-electron chi connectivity index (χ2n) is 9.10. The van der Waals surface area contributed by atoms with Gasteiger partial charge < -0.3 is 24.4 Å². The van der Waals surface area contributed by atoms with Crippen molar-refractivity contribution in [3.63, 3.8) is 0 Å². The van der Waals surface area contributed by atoms with Gasteiger partial charge in [-0.25, -0.2) is 0 Å². The van der Waals surface area contributed by atoms with Crippen LogP contribution in [0.5, 0.6) is 11.5 Å². The zero-order valence-corrected chi connectivity index (χ0v) is 21.3. The van der Waals surface area contributed by atoms with Crippen LogP contribution < -0.4 is 9.47 Å². The van der Waals surface area contributed by atoms with Crippen LogP contribution >= 0.6 is 0 Å². The largest absolute Gasteiger partial charge is 0.507 e. The van der Waals surface area contributed by atoms with Crippen LogP contribution in [0.4, 0.5) is 0 Å². The molecule has 0 saturated carbocycles. The summed E-state index contributed by atoms with van der Waals surface area (Å²) in [5.74, 6) is -0.0794. The van der Waals surface area contributed by atoms with E-state index >= 15 is 0 Å². The molecule has 0 aliphatic carbocycles. The summed E-state index contributed by atoms with van der Waals surface area (Å²) >= 11 is 0. The predicted octanol–water partition coefficient (Wildman–Crippen LogP) is 4.56. The summed E-state index contributed by atoms with van der Waals surface area (Å²) in [6.07, 6.45) is 3.23. The third-order valence-electron chi connectivity index (χ3n) is 6.23. The van der Waals surface area contributed by atoms with Crippen molar-refractivity contribution >= 4 is 17.4 Å². The number of benzene rings is 2. The van der Waals surface area contributed by atoms with Crippen LogP contribution in [0, 0.1) is 6.92 Å². The first-order valence-corrected chi connectivity index (χ1v) is 12.1. The molecular weight excluding hydrogens is 444 g/mol. The highest BCUT2D eigenvalue weighted by atomic mass is 16.5. The molecule has 1 unspecified atom stereocenters. The minimum absolute atomic E-state index is 0.0960. The molecule has 0 radical (unpaired) electrons. The molecule has 1 fully saturated rings. The minimum Gasteiger partial charge on any atom is -0.507 e. The minimum atomic E-state index is -0.689. The molecule has 1 aliphatic rings. The molecule has 7 heteroatoms. The van der Waals surface area contributed by atoms with Crippen LogP contribution in [-0.2, 0) is 9.59 Å². The number of rotatable bonds is 11. The molecular formula is C28H36N2O5. The van der Waals surface area contributed by atoms with Gasteiger partial charge in [0.25, 0.3) is 11.7 Å². The van der Waals surface area contributed by atoms with E-state index in [-0.39, 0.29) is 11.3 Å². The first-order chi connectivity index (χ1) is 16.8. The van der Waals surface area contributed by atoms with E-state index in [0.717, 1.165) is 36.1 Å². The average molecular weight is 481 g/mol. The first kappa shape index (κ1) is 26.3. The monoisotopic (exact) mass is 480 g/mol. The molecule has 1 saturated heterocycles. The summed E-state index contributed by atoms with van der Waals surface area (Å²) in [6.45, 7) is 5.57. The number of likely N-dealkylation sites (tertiary alicyclic amines) is 1. The molecule has 188 valence electrons. The Kier molecular flexibility index (Phi) is 8.93. The Morgan fingerprint density at radius 3 is 2.34 bits per heavy atom. The molecule has 1 heterocycles. The van der Waals surface area contributed by atoms with Crippen LogP contribution in [0.3, 0.4) is 0 Å². The fraction of sp³-hybridized carbons (Fsp3) is 0.429. The van der Waals surface area contributed by atoms with Gasteiger partial charge in [-0.3, -0.25) is 9.59 Å². The normalized spacial score (nSPS) is 17.3. The summed E-state index contributed by atoms with van der Waals surface area (Å²) in [7, 11) is 5.40. The fourth-order valence-corrected chi connectivity index (χ4v) is 4.23. The number of ether oxygens (including phenoxy) is 2. The highest BCUT2D eigenvalue weighted by Crippen LogP contribution is 2.40. The number of likely N-dealkylation sites (N-methyl/N-ethyl adjacent to an activating group) is 1. The SMILES string of the molecule is CCCCCOc1ccc(C2/C(=C(\O)c3ccc(OC)cc3C)C(=O)C(=O)N2CCN(C)C)cc1. The fourth-order valence-electron chi connectivity index (χ4n) is 4.23. The lowest BCUT2D eigenvalue weighted by atomic mass is 9.94. The average Bonchev–Trinajstić information content (AvgIpc) is 3.10. The number of Topliss-reactive ketones (excluding diaryl/α,β-unsaturated/α-hetero) is 1. The maximum absolute atomic E-state index is 13.2. The van der Waals surface area contributed by atoms with Crippen molar-refractivity contribution in [1.29, 1.82) is 0 Å². The van der Waals surface area contributed by atoms with Crippen LogP contribution in [-0.4, -0.2) is 67.5 Å². The van der Waals surface area contributed by atoms with E-state index in [9.17, 15) is 14.7 Å². The van der Waals surface area contributed by atoms with Crippen molar-refractivity contribution in [1.82, 2.24) is 9.80 Å². The Hall–Kier alpha value is -3.32. The lowest BCUT2D eigenvalue weighted by molar-refractivity contribution is -0.140. The van der Waals surface area contributed by atoms with E-state index in [0.29, 0.717) is 31.0 Å². The number of hydrogen-bond acceptors (Lipinski definition) is 6. The molecule has 1 amide bonds. The molecule has 35 heavy (non-hydrogen) atoms. The number of ketones is 1. The summed E-state index contributed by atoms with van der Waals surface area (Å²) in [5.41, 5.74) is 2.09. The summed E-state index contributed by atoms with van der Waals surface area (Å²) in [6, 6.07) is 12.0. The number of hydrogen-bond donors (Lipinski definition) is 1. The Labute approximate surface area is 207 Å². The Morgan fingerprint density at radius 2 is 1.74 bits per heavy atom. The highest BCUT2D eigenvalue weighted by molar-refractivity contribution is 6.46. The smallest absolute Gasteiger partial charge is 0.295 e. The van der Waals surface area contributed by atoms with Crippen molar-refractivity contribution in [3.8, 4) is 11.5 Å². The van der Waals surface area contributed by atoms with Gasteiger partial charge in [0.15, 0.2) is 0 Å². The standard InChI is InChI=1S/C28H36N2O5/c1-6-7-8-17-35-21-11-9-20(10-12-21)25-24(27(32)28(33)30(25)16-15-29(3)4)26(31)23-14-13-22(34-5)18-19(23)2/h9-14,18,25,31H,6-8,15-17H2,1-5H3/b26-24+. The van der Waals surface area contributed by atoms with Gasteiger partial charge in [0.2, 0.25) is 0 Å². The third-order valence-corrected chi connectivity index (χ3v) is 6.23. The third kappa shape index (κ3) is 6.03. The van der Waals surface area contributed by atoms with E-state index in [4.69, 9.17) is 9.47 Å². The number of carbonyl (C=O) groups is 2. The Bertz CT molecular complexity index is 1080. The van der Waals surface area contributed by atoms with Gasteiger partial charge in [-0.15, -0.1) is 0 Å². The quantitative estimate of drug-likeness (QED) is 0.220. The topological polar surface area (TPSA) is 79.3 Å². The molecule has 0 spiro atoms. The maximum atomic E-state index is 13.2. The van der Waals surface area contributed by atoms with Crippen molar-refractivity contribution < 1.29 is 24.2 Å². The van der Waals surface area contributed by atoms with Gasteiger partial charge >= 0.3 is 0 Å². The van der Waals surface area contributed by atoms with Gasteiger partial charge in [-0.1, -0.05) is 31.9 Å².